The Morgan fingerprint density at radius 1 is 1.38 bits per heavy atom. The Morgan fingerprint density at radius 3 is 2.86 bits per heavy atom. The molecule has 1 amide bonds. The zero-order valence-electron chi connectivity index (χ0n) is 10.8. The van der Waals surface area contributed by atoms with E-state index in [2.05, 4.69) is 10.1 Å². The molecule has 1 aromatic heterocycles. The van der Waals surface area contributed by atoms with Crippen LogP contribution in [0.2, 0.25) is 0 Å². The second kappa shape index (κ2) is 7.14. The number of aliphatic hydroxyl groups is 1. The number of amides is 1. The zero-order chi connectivity index (χ0) is 15.2. The topological polar surface area (TPSA) is 58.6 Å². The first-order valence-corrected chi connectivity index (χ1v) is 7.04. The summed E-state index contributed by atoms with van der Waals surface area (Å²) in [6.45, 7) is -2.94. The van der Waals surface area contributed by atoms with Crippen LogP contribution < -0.4 is 10.1 Å². The highest BCUT2D eigenvalue weighted by molar-refractivity contribution is 7.08. The SMILES string of the molecule is O=C(NCC(O)c1cccc(OC(F)F)c1)c1ccsc1. The van der Waals surface area contributed by atoms with Crippen LogP contribution in [-0.2, 0) is 0 Å². The zero-order valence-corrected chi connectivity index (χ0v) is 11.6. The van der Waals surface area contributed by atoms with Crippen LogP contribution in [0.4, 0.5) is 8.78 Å². The lowest BCUT2D eigenvalue weighted by molar-refractivity contribution is -0.0499. The Morgan fingerprint density at radius 2 is 2.19 bits per heavy atom. The molecule has 1 heterocycles. The van der Waals surface area contributed by atoms with Crippen molar-refractivity contribution in [2.75, 3.05) is 6.54 Å². The summed E-state index contributed by atoms with van der Waals surface area (Å²) in [5.74, 6) is -0.332. The average Bonchev–Trinajstić information content (AvgIpc) is 2.98. The highest BCUT2D eigenvalue weighted by Crippen LogP contribution is 2.20. The predicted octanol–water partition coefficient (Wildman–Crippen LogP) is 2.81. The van der Waals surface area contributed by atoms with E-state index in [1.54, 1.807) is 22.9 Å². The fourth-order valence-electron chi connectivity index (χ4n) is 1.70. The molecule has 0 aliphatic heterocycles. The van der Waals surface area contributed by atoms with Gasteiger partial charge in [-0.2, -0.15) is 20.1 Å². The number of hydrogen-bond donors (Lipinski definition) is 2. The minimum absolute atomic E-state index is 0.0210. The molecule has 1 aromatic carbocycles. The van der Waals surface area contributed by atoms with Crippen LogP contribution in [0.15, 0.2) is 41.1 Å². The van der Waals surface area contributed by atoms with Crippen LogP contribution in [0.1, 0.15) is 22.0 Å². The first kappa shape index (κ1) is 15.4. The monoisotopic (exact) mass is 313 g/mol. The molecular formula is C14H13F2NO3S. The number of thiophene rings is 1. The summed E-state index contributed by atoms with van der Waals surface area (Å²) < 4.78 is 28.5. The van der Waals surface area contributed by atoms with Gasteiger partial charge in [-0.15, -0.1) is 0 Å². The van der Waals surface area contributed by atoms with Gasteiger partial charge in [0.1, 0.15) is 5.75 Å². The van der Waals surface area contributed by atoms with E-state index in [9.17, 15) is 18.7 Å². The largest absolute Gasteiger partial charge is 0.435 e. The number of halogens is 2. The molecule has 2 aromatic rings. The van der Waals surface area contributed by atoms with Gasteiger partial charge in [0.05, 0.1) is 6.10 Å². The number of carbonyl (C=O) groups is 1. The number of benzene rings is 1. The number of hydrogen-bond acceptors (Lipinski definition) is 4. The number of alkyl halides is 2. The maximum absolute atomic E-state index is 12.1. The number of ether oxygens (including phenoxy) is 1. The summed E-state index contributed by atoms with van der Waals surface area (Å²) in [6, 6.07) is 7.42. The number of aliphatic hydroxyl groups excluding tert-OH is 1. The van der Waals surface area contributed by atoms with Crippen LogP contribution in [0.3, 0.4) is 0 Å². The molecule has 0 saturated carbocycles. The first-order chi connectivity index (χ1) is 10.1. The van der Waals surface area contributed by atoms with Crippen molar-refractivity contribution in [1.29, 1.82) is 0 Å². The second-order valence-electron chi connectivity index (χ2n) is 4.19. The van der Waals surface area contributed by atoms with Gasteiger partial charge in [0, 0.05) is 17.5 Å². The van der Waals surface area contributed by atoms with E-state index < -0.39 is 12.7 Å². The van der Waals surface area contributed by atoms with Crippen LogP contribution >= 0.6 is 11.3 Å². The van der Waals surface area contributed by atoms with E-state index in [0.29, 0.717) is 11.1 Å². The summed E-state index contributed by atoms with van der Waals surface area (Å²) in [4.78, 5) is 11.7. The van der Waals surface area contributed by atoms with Gasteiger partial charge in [0.2, 0.25) is 0 Å². The standard InChI is InChI=1S/C14H13F2NO3S/c15-14(16)20-11-3-1-2-9(6-11)12(18)7-17-13(19)10-4-5-21-8-10/h1-6,8,12,14,18H,7H2,(H,17,19). The number of rotatable bonds is 6. The number of nitrogens with one attached hydrogen (secondary N) is 1. The van der Waals surface area contributed by atoms with Crippen molar-refractivity contribution < 1.29 is 23.4 Å². The molecule has 1 atom stereocenters. The molecule has 2 rings (SSSR count). The molecule has 0 bridgehead atoms. The van der Waals surface area contributed by atoms with Crippen molar-refractivity contribution in [2.45, 2.75) is 12.7 Å². The summed E-state index contributed by atoms with van der Waals surface area (Å²) >= 11 is 1.40. The van der Waals surface area contributed by atoms with Gasteiger partial charge in [0.15, 0.2) is 0 Å². The highest BCUT2D eigenvalue weighted by Gasteiger charge is 2.13. The summed E-state index contributed by atoms with van der Waals surface area (Å²) in [5.41, 5.74) is 0.903. The van der Waals surface area contributed by atoms with Gasteiger partial charge < -0.3 is 15.2 Å². The third-order valence-electron chi connectivity index (χ3n) is 2.71. The van der Waals surface area contributed by atoms with E-state index in [1.807, 2.05) is 0 Å². The lowest BCUT2D eigenvalue weighted by Crippen LogP contribution is -2.28. The van der Waals surface area contributed by atoms with Crippen LogP contribution in [0, 0.1) is 0 Å². The molecule has 0 radical (unpaired) electrons. The Kier molecular flexibility index (Phi) is 5.24. The summed E-state index contributed by atoms with van der Waals surface area (Å²) in [7, 11) is 0. The molecule has 0 aliphatic rings. The van der Waals surface area contributed by atoms with Crippen molar-refractivity contribution in [3.8, 4) is 5.75 Å². The smallest absolute Gasteiger partial charge is 0.387 e. The van der Waals surface area contributed by atoms with Gasteiger partial charge in [-0.05, 0) is 29.1 Å². The molecular weight excluding hydrogens is 300 g/mol. The van der Waals surface area contributed by atoms with Crippen molar-refractivity contribution in [3.05, 3.63) is 52.2 Å². The van der Waals surface area contributed by atoms with E-state index >= 15 is 0 Å². The van der Waals surface area contributed by atoms with Gasteiger partial charge in [0.25, 0.3) is 5.91 Å². The predicted molar refractivity (Wildman–Crippen MR) is 74.7 cm³/mol. The average molecular weight is 313 g/mol. The second-order valence-corrected chi connectivity index (χ2v) is 4.97. The van der Waals surface area contributed by atoms with E-state index in [-0.39, 0.29) is 18.2 Å². The van der Waals surface area contributed by atoms with E-state index in [1.165, 1.54) is 29.5 Å². The van der Waals surface area contributed by atoms with Gasteiger partial charge in [-0.3, -0.25) is 4.79 Å². The fraction of sp³-hybridized carbons (Fsp3) is 0.214. The van der Waals surface area contributed by atoms with Crippen LogP contribution in [-0.4, -0.2) is 24.2 Å². The van der Waals surface area contributed by atoms with Crippen LogP contribution in [0.25, 0.3) is 0 Å². The molecule has 0 aliphatic carbocycles. The molecule has 0 spiro atoms. The van der Waals surface area contributed by atoms with Gasteiger partial charge in [-0.25, -0.2) is 0 Å². The molecule has 0 saturated heterocycles. The maximum Gasteiger partial charge on any atom is 0.387 e. The Bertz CT molecular complexity index is 590. The van der Waals surface area contributed by atoms with Crippen molar-refractivity contribution in [2.24, 2.45) is 0 Å². The Labute approximate surface area is 124 Å². The number of carbonyl (C=O) groups excluding carboxylic acids is 1. The summed E-state index contributed by atoms with van der Waals surface area (Å²) in [6.07, 6.45) is -1.01. The minimum Gasteiger partial charge on any atom is -0.435 e. The first-order valence-electron chi connectivity index (χ1n) is 6.09. The molecule has 2 N–H and O–H groups in total. The van der Waals surface area contributed by atoms with E-state index in [4.69, 9.17) is 0 Å². The molecule has 21 heavy (non-hydrogen) atoms. The van der Waals surface area contributed by atoms with Gasteiger partial charge >= 0.3 is 6.61 Å². The molecule has 112 valence electrons. The fourth-order valence-corrected chi connectivity index (χ4v) is 2.34. The molecule has 1 unspecified atom stereocenters. The Balaban J connectivity index is 1.94. The third-order valence-corrected chi connectivity index (χ3v) is 3.39. The quantitative estimate of drug-likeness (QED) is 0.862. The molecule has 7 heteroatoms. The van der Waals surface area contributed by atoms with Gasteiger partial charge in [-0.1, -0.05) is 12.1 Å². The maximum atomic E-state index is 12.1. The lowest BCUT2D eigenvalue weighted by atomic mass is 10.1. The van der Waals surface area contributed by atoms with Crippen molar-refractivity contribution in [1.82, 2.24) is 5.32 Å². The van der Waals surface area contributed by atoms with Crippen molar-refractivity contribution >= 4 is 17.2 Å². The lowest BCUT2D eigenvalue weighted by Gasteiger charge is -2.13. The minimum atomic E-state index is -2.92. The molecule has 0 fully saturated rings. The summed E-state index contributed by atoms with van der Waals surface area (Å²) in [5, 5.41) is 16.0. The molecule has 4 nitrogen and oxygen atoms in total. The highest BCUT2D eigenvalue weighted by atomic mass is 32.1. The Hall–Kier alpha value is -1.99. The van der Waals surface area contributed by atoms with E-state index in [0.717, 1.165) is 0 Å². The third kappa shape index (κ3) is 4.51. The van der Waals surface area contributed by atoms with Crippen molar-refractivity contribution in [3.63, 3.8) is 0 Å². The normalized spacial score (nSPS) is 12.2. The van der Waals surface area contributed by atoms with Crippen LogP contribution in [0.5, 0.6) is 5.75 Å².